The summed E-state index contributed by atoms with van der Waals surface area (Å²) in [7, 11) is 0. The number of benzene rings is 12. The highest BCUT2D eigenvalue weighted by Gasteiger charge is 2.45. The summed E-state index contributed by atoms with van der Waals surface area (Å²) in [6, 6.07) is 90.4. The Morgan fingerprint density at radius 2 is 0.735 bits per heavy atom. The molecule has 3 heterocycles. The lowest BCUT2D eigenvalue weighted by Gasteiger charge is -2.45. The van der Waals surface area contributed by atoms with Crippen molar-refractivity contribution >= 4 is 122 Å². The summed E-state index contributed by atoms with van der Waals surface area (Å²) in [6.07, 6.45) is 0. The second kappa shape index (κ2) is 14.3. The van der Waals surface area contributed by atoms with Crippen LogP contribution in [0.25, 0.3) is 81.7 Å². The first-order valence-corrected chi connectivity index (χ1v) is 23.6. The van der Waals surface area contributed by atoms with E-state index < -0.39 is 0 Å². The van der Waals surface area contributed by atoms with E-state index in [0.29, 0.717) is 0 Å². The monoisotopic (exact) mass is 861 g/mol. The second-order valence-electron chi connectivity index (χ2n) is 18.4. The third-order valence-corrected chi connectivity index (χ3v) is 14.9. The SMILES string of the molecule is c1ccc(N2c3cc(-c4ccc5c(c4)c4ccccc4n5-c4ccccc4)cc4c3B(c3ccc5c(ccc6ccccc65)c32)c2ccc3c(ccc5ccccc53)c2N4c2ccccc2)cc1. The molecule has 13 aromatic rings. The summed E-state index contributed by atoms with van der Waals surface area (Å²) in [4.78, 5) is 5.15. The Morgan fingerprint density at radius 3 is 1.29 bits per heavy atom. The Morgan fingerprint density at radius 1 is 0.279 bits per heavy atom. The van der Waals surface area contributed by atoms with Gasteiger partial charge < -0.3 is 14.4 Å². The fourth-order valence-electron chi connectivity index (χ4n) is 12.0. The van der Waals surface area contributed by atoms with E-state index in [2.05, 4.69) is 257 Å². The molecule has 0 N–H and O–H groups in total. The maximum absolute atomic E-state index is 2.58. The molecule has 314 valence electrons. The molecule has 0 fully saturated rings. The largest absolute Gasteiger partial charge is 0.311 e. The van der Waals surface area contributed by atoms with E-state index in [9.17, 15) is 0 Å². The lowest BCUT2D eigenvalue weighted by Crippen LogP contribution is -2.61. The zero-order valence-corrected chi connectivity index (χ0v) is 37.0. The predicted molar refractivity (Wildman–Crippen MR) is 290 cm³/mol. The van der Waals surface area contributed by atoms with E-state index in [1.807, 2.05) is 0 Å². The molecule has 68 heavy (non-hydrogen) atoms. The van der Waals surface area contributed by atoms with Gasteiger partial charge >= 0.3 is 0 Å². The molecule has 2 aliphatic heterocycles. The number of nitrogens with zero attached hydrogens (tertiary/aromatic N) is 3. The van der Waals surface area contributed by atoms with Gasteiger partial charge in [0.1, 0.15) is 0 Å². The van der Waals surface area contributed by atoms with Crippen LogP contribution in [0.3, 0.4) is 0 Å². The molecule has 0 amide bonds. The first-order valence-electron chi connectivity index (χ1n) is 23.6. The fourth-order valence-corrected chi connectivity index (χ4v) is 12.0. The number of fused-ring (bicyclic) bond motifs is 15. The lowest BCUT2D eigenvalue weighted by molar-refractivity contribution is 1.18. The topological polar surface area (TPSA) is 11.4 Å². The zero-order chi connectivity index (χ0) is 44.5. The van der Waals surface area contributed by atoms with Gasteiger partial charge in [-0.2, -0.15) is 0 Å². The van der Waals surface area contributed by atoms with Crippen LogP contribution in [0.4, 0.5) is 34.1 Å². The highest BCUT2D eigenvalue weighted by Crippen LogP contribution is 2.50. The zero-order valence-electron chi connectivity index (χ0n) is 37.0. The smallest absolute Gasteiger partial charge is 0.252 e. The second-order valence-corrected chi connectivity index (χ2v) is 18.4. The van der Waals surface area contributed by atoms with Crippen LogP contribution in [0.2, 0.25) is 0 Å². The van der Waals surface area contributed by atoms with E-state index in [0.717, 1.165) is 17.1 Å². The average molecular weight is 862 g/mol. The van der Waals surface area contributed by atoms with Gasteiger partial charge in [-0.15, -0.1) is 0 Å². The van der Waals surface area contributed by atoms with Crippen LogP contribution in [0.5, 0.6) is 0 Å². The lowest BCUT2D eigenvalue weighted by atomic mass is 9.33. The Labute approximate surface area is 394 Å². The van der Waals surface area contributed by atoms with Crippen molar-refractivity contribution in [3.63, 3.8) is 0 Å². The molecule has 0 bridgehead atoms. The van der Waals surface area contributed by atoms with Crippen LogP contribution in [0, 0.1) is 0 Å². The van der Waals surface area contributed by atoms with E-state index in [-0.39, 0.29) is 6.71 Å². The Hall–Kier alpha value is -8.86. The number of hydrogen-bond acceptors (Lipinski definition) is 2. The van der Waals surface area contributed by atoms with Crippen LogP contribution in [0.1, 0.15) is 0 Å². The third-order valence-electron chi connectivity index (χ3n) is 14.9. The van der Waals surface area contributed by atoms with Gasteiger partial charge in [0.25, 0.3) is 6.71 Å². The van der Waals surface area contributed by atoms with Crippen LogP contribution >= 0.6 is 0 Å². The van der Waals surface area contributed by atoms with Crippen molar-refractivity contribution in [1.82, 2.24) is 4.57 Å². The Bertz CT molecular complexity index is 4030. The third kappa shape index (κ3) is 5.26. The highest BCUT2D eigenvalue weighted by molar-refractivity contribution is 7.00. The number of hydrogen-bond donors (Lipinski definition) is 0. The molecule has 0 atom stereocenters. The summed E-state index contributed by atoms with van der Waals surface area (Å²) in [5.74, 6) is 0. The maximum atomic E-state index is 2.58. The fraction of sp³-hybridized carbons (Fsp3) is 0. The molecule has 3 nitrogen and oxygen atoms in total. The first-order chi connectivity index (χ1) is 33.8. The van der Waals surface area contributed by atoms with Crippen LogP contribution in [-0.2, 0) is 0 Å². The number of aromatic nitrogens is 1. The van der Waals surface area contributed by atoms with Crippen molar-refractivity contribution < 1.29 is 0 Å². The standard InChI is InChI=1S/C64H40BN3/c1-4-18-45(19-5-1)66-58-27-15-14-26-52(58)55-38-43(30-37-59(55)66)44-39-60-62-61(40-44)68(47-22-8-3-9-23-47)64-54-32-29-42-17-11-13-25-49(42)51(54)34-36-57(64)65(62)56-35-33-50-48-24-12-10-16-41(48)28-31-53(50)63(56)67(60)46-20-6-2-7-21-46/h1-40H. The predicted octanol–water partition coefficient (Wildman–Crippen LogP) is 15.1. The molecule has 0 radical (unpaired) electrons. The van der Waals surface area contributed by atoms with Gasteiger partial charge in [-0.3, -0.25) is 0 Å². The van der Waals surface area contributed by atoms with E-state index in [4.69, 9.17) is 0 Å². The molecule has 0 saturated carbocycles. The summed E-state index contributed by atoms with van der Waals surface area (Å²) < 4.78 is 2.40. The number of para-hydroxylation sites is 4. The minimum Gasteiger partial charge on any atom is -0.311 e. The summed E-state index contributed by atoms with van der Waals surface area (Å²) in [6.45, 7) is -0.0444. The quantitative estimate of drug-likeness (QED) is 0.129. The molecular formula is C64H40BN3. The maximum Gasteiger partial charge on any atom is 0.252 e. The first kappa shape index (κ1) is 37.4. The van der Waals surface area contributed by atoms with Crippen LogP contribution in [-0.4, -0.2) is 11.3 Å². The molecule has 0 saturated heterocycles. The van der Waals surface area contributed by atoms with Gasteiger partial charge in [-0.05, 0) is 127 Å². The van der Waals surface area contributed by atoms with Crippen LogP contribution < -0.4 is 26.2 Å². The van der Waals surface area contributed by atoms with Gasteiger partial charge in [0.05, 0.1) is 11.0 Å². The Kier molecular flexibility index (Phi) is 7.87. The molecule has 15 rings (SSSR count). The van der Waals surface area contributed by atoms with Gasteiger partial charge in [0, 0.05) is 61.4 Å². The molecule has 4 heteroatoms. The van der Waals surface area contributed by atoms with Crippen molar-refractivity contribution in [2.45, 2.75) is 0 Å². The van der Waals surface area contributed by atoms with E-state index >= 15 is 0 Å². The summed E-state index contributed by atoms with van der Waals surface area (Å²) >= 11 is 0. The molecule has 0 unspecified atom stereocenters. The molecule has 0 aliphatic carbocycles. The molecule has 2 aliphatic rings. The molecule has 1 aromatic heterocycles. The van der Waals surface area contributed by atoms with E-state index in [1.165, 1.54) is 115 Å². The normalized spacial score (nSPS) is 12.9. The number of rotatable bonds is 4. The van der Waals surface area contributed by atoms with Crippen molar-refractivity contribution in [2.24, 2.45) is 0 Å². The highest BCUT2D eigenvalue weighted by atomic mass is 15.2. The van der Waals surface area contributed by atoms with Crippen molar-refractivity contribution in [1.29, 1.82) is 0 Å². The number of anilines is 6. The van der Waals surface area contributed by atoms with Crippen molar-refractivity contribution in [3.8, 4) is 16.8 Å². The summed E-state index contributed by atoms with van der Waals surface area (Å²) in [5.41, 5.74) is 16.9. The molecule has 12 aromatic carbocycles. The van der Waals surface area contributed by atoms with Gasteiger partial charge in [-0.25, -0.2) is 0 Å². The van der Waals surface area contributed by atoms with Crippen molar-refractivity contribution in [3.05, 3.63) is 243 Å². The van der Waals surface area contributed by atoms with E-state index in [1.54, 1.807) is 0 Å². The average Bonchev–Trinajstić information content (AvgIpc) is 3.74. The van der Waals surface area contributed by atoms with Crippen LogP contribution in [0.15, 0.2) is 243 Å². The van der Waals surface area contributed by atoms with Gasteiger partial charge in [-0.1, -0.05) is 176 Å². The Balaban J connectivity index is 1.09. The van der Waals surface area contributed by atoms with Gasteiger partial charge in [0.15, 0.2) is 0 Å². The van der Waals surface area contributed by atoms with Gasteiger partial charge in [0.2, 0.25) is 0 Å². The molecular weight excluding hydrogens is 822 g/mol. The minimum atomic E-state index is -0.0444. The van der Waals surface area contributed by atoms with Crippen molar-refractivity contribution in [2.75, 3.05) is 9.80 Å². The minimum absolute atomic E-state index is 0.0444. The summed E-state index contributed by atoms with van der Waals surface area (Å²) in [5, 5.41) is 12.5. The molecule has 0 spiro atoms.